The first-order chi connectivity index (χ1) is 7.61. The number of unbranched alkanes of at least 4 members (excludes halogenated alkanes) is 1. The summed E-state index contributed by atoms with van der Waals surface area (Å²) in [5.41, 5.74) is 4.29. The standard InChI is InChI=1S/C9H14N4O3/c1-2-3-4-13-7(10)6(11-5-14)8(15)12-9(13)16/h5H,2-4,10H2,1H3,(H,11,14)(H,12,15,16). The molecule has 0 fully saturated rings. The minimum Gasteiger partial charge on any atom is -0.383 e. The van der Waals surface area contributed by atoms with Crippen molar-refractivity contribution < 1.29 is 4.79 Å². The molecule has 0 bridgehead atoms. The monoisotopic (exact) mass is 226 g/mol. The molecule has 1 amide bonds. The summed E-state index contributed by atoms with van der Waals surface area (Å²) in [6.45, 7) is 2.38. The van der Waals surface area contributed by atoms with Crippen LogP contribution in [0, 0.1) is 0 Å². The fourth-order valence-corrected chi connectivity index (χ4v) is 1.32. The van der Waals surface area contributed by atoms with Crippen molar-refractivity contribution in [3.8, 4) is 0 Å². The fourth-order valence-electron chi connectivity index (χ4n) is 1.32. The molecule has 0 aliphatic carbocycles. The van der Waals surface area contributed by atoms with E-state index in [0.29, 0.717) is 13.0 Å². The van der Waals surface area contributed by atoms with Gasteiger partial charge in [0.05, 0.1) is 0 Å². The Morgan fingerprint density at radius 3 is 2.75 bits per heavy atom. The number of aromatic amines is 1. The van der Waals surface area contributed by atoms with Crippen molar-refractivity contribution in [2.45, 2.75) is 26.3 Å². The van der Waals surface area contributed by atoms with Gasteiger partial charge in [0.25, 0.3) is 5.56 Å². The minimum absolute atomic E-state index is 0.0192. The van der Waals surface area contributed by atoms with E-state index in [9.17, 15) is 14.4 Å². The van der Waals surface area contributed by atoms with Gasteiger partial charge in [0.2, 0.25) is 6.41 Å². The van der Waals surface area contributed by atoms with E-state index in [2.05, 4.69) is 10.3 Å². The highest BCUT2D eigenvalue weighted by Gasteiger charge is 2.10. The van der Waals surface area contributed by atoms with Crippen molar-refractivity contribution in [2.24, 2.45) is 0 Å². The van der Waals surface area contributed by atoms with Crippen molar-refractivity contribution in [1.29, 1.82) is 0 Å². The number of rotatable bonds is 5. The molecule has 0 saturated heterocycles. The lowest BCUT2D eigenvalue weighted by molar-refractivity contribution is -0.105. The van der Waals surface area contributed by atoms with Crippen molar-refractivity contribution in [3.63, 3.8) is 0 Å². The SMILES string of the molecule is CCCCn1c(N)c(NC=O)c(=O)[nH]c1=O. The van der Waals surface area contributed by atoms with E-state index in [1.165, 1.54) is 4.57 Å². The predicted molar refractivity (Wildman–Crippen MR) is 60.3 cm³/mol. The van der Waals surface area contributed by atoms with Gasteiger partial charge in [-0.2, -0.15) is 0 Å². The summed E-state index contributed by atoms with van der Waals surface area (Å²) < 4.78 is 1.23. The number of nitrogens with two attached hydrogens (primary N) is 1. The Hall–Kier alpha value is -2.05. The Bertz CT molecular complexity index is 489. The largest absolute Gasteiger partial charge is 0.383 e. The fraction of sp³-hybridized carbons (Fsp3) is 0.444. The molecule has 0 spiro atoms. The molecular weight excluding hydrogens is 212 g/mol. The zero-order chi connectivity index (χ0) is 12.1. The normalized spacial score (nSPS) is 10.1. The number of carbonyl (C=O) groups is 1. The van der Waals surface area contributed by atoms with E-state index in [1.54, 1.807) is 0 Å². The summed E-state index contributed by atoms with van der Waals surface area (Å²) in [5.74, 6) is -0.0192. The van der Waals surface area contributed by atoms with E-state index in [-0.39, 0.29) is 11.5 Å². The third kappa shape index (κ3) is 2.30. The van der Waals surface area contributed by atoms with Gasteiger partial charge in [0.1, 0.15) is 11.5 Å². The number of nitrogen functional groups attached to an aromatic ring is 1. The number of hydrogen-bond donors (Lipinski definition) is 3. The smallest absolute Gasteiger partial charge is 0.330 e. The third-order valence-corrected chi connectivity index (χ3v) is 2.18. The van der Waals surface area contributed by atoms with Gasteiger partial charge in [-0.25, -0.2) is 4.79 Å². The van der Waals surface area contributed by atoms with Crippen LogP contribution in [0.1, 0.15) is 19.8 Å². The van der Waals surface area contributed by atoms with Crippen LogP contribution in [-0.4, -0.2) is 16.0 Å². The van der Waals surface area contributed by atoms with Crippen LogP contribution in [0.3, 0.4) is 0 Å². The topological polar surface area (TPSA) is 110 Å². The number of anilines is 2. The van der Waals surface area contributed by atoms with Crippen LogP contribution in [-0.2, 0) is 11.3 Å². The van der Waals surface area contributed by atoms with Crippen LogP contribution in [0.2, 0.25) is 0 Å². The van der Waals surface area contributed by atoms with Gasteiger partial charge in [-0.05, 0) is 6.42 Å². The Morgan fingerprint density at radius 2 is 2.19 bits per heavy atom. The Balaban J connectivity index is 3.27. The number of nitrogens with zero attached hydrogens (tertiary/aromatic N) is 1. The third-order valence-electron chi connectivity index (χ3n) is 2.18. The molecule has 4 N–H and O–H groups in total. The lowest BCUT2D eigenvalue weighted by Gasteiger charge is -2.10. The minimum atomic E-state index is -0.692. The molecule has 0 aromatic carbocycles. The van der Waals surface area contributed by atoms with E-state index >= 15 is 0 Å². The summed E-state index contributed by atoms with van der Waals surface area (Å²) >= 11 is 0. The maximum atomic E-state index is 11.4. The molecule has 0 aliphatic rings. The number of H-pyrrole nitrogens is 1. The van der Waals surface area contributed by atoms with Crippen molar-refractivity contribution in [3.05, 3.63) is 20.8 Å². The van der Waals surface area contributed by atoms with Crippen LogP contribution in [0.4, 0.5) is 11.5 Å². The highest BCUT2D eigenvalue weighted by molar-refractivity contribution is 5.77. The Labute approximate surface area is 91.3 Å². The molecule has 0 saturated carbocycles. The van der Waals surface area contributed by atoms with Gasteiger partial charge in [0, 0.05) is 6.54 Å². The highest BCUT2D eigenvalue weighted by atomic mass is 16.2. The summed E-state index contributed by atoms with van der Waals surface area (Å²) in [5, 5.41) is 2.18. The van der Waals surface area contributed by atoms with Crippen LogP contribution < -0.4 is 22.3 Å². The number of carbonyl (C=O) groups excluding carboxylic acids is 1. The maximum absolute atomic E-state index is 11.4. The van der Waals surface area contributed by atoms with Crippen molar-refractivity contribution >= 4 is 17.9 Å². The summed E-state index contributed by atoms with van der Waals surface area (Å²) in [6, 6.07) is 0. The second kappa shape index (κ2) is 5.15. The van der Waals surface area contributed by atoms with Gasteiger partial charge in [0.15, 0.2) is 0 Å². The molecule has 16 heavy (non-hydrogen) atoms. The first-order valence-electron chi connectivity index (χ1n) is 4.94. The van der Waals surface area contributed by atoms with Crippen LogP contribution >= 0.6 is 0 Å². The summed E-state index contributed by atoms with van der Waals surface area (Å²) in [7, 11) is 0. The maximum Gasteiger partial charge on any atom is 0.330 e. The highest BCUT2D eigenvalue weighted by Crippen LogP contribution is 2.09. The lowest BCUT2D eigenvalue weighted by Crippen LogP contribution is -2.34. The first-order valence-corrected chi connectivity index (χ1v) is 4.94. The molecule has 1 rings (SSSR count). The second-order valence-corrected chi connectivity index (χ2v) is 3.29. The number of hydrogen-bond acceptors (Lipinski definition) is 4. The molecule has 1 aromatic heterocycles. The zero-order valence-corrected chi connectivity index (χ0v) is 8.95. The molecule has 7 heteroatoms. The molecule has 0 atom stereocenters. The van der Waals surface area contributed by atoms with Crippen LogP contribution in [0.15, 0.2) is 9.59 Å². The zero-order valence-electron chi connectivity index (χ0n) is 8.95. The molecule has 0 unspecified atom stereocenters. The van der Waals surface area contributed by atoms with Gasteiger partial charge >= 0.3 is 5.69 Å². The van der Waals surface area contributed by atoms with Gasteiger partial charge in [-0.3, -0.25) is 19.1 Å². The quantitative estimate of drug-likeness (QED) is 0.587. The number of nitrogens with one attached hydrogen (secondary N) is 2. The molecule has 7 nitrogen and oxygen atoms in total. The van der Waals surface area contributed by atoms with Crippen molar-refractivity contribution in [2.75, 3.05) is 11.1 Å². The lowest BCUT2D eigenvalue weighted by atomic mass is 10.3. The van der Waals surface area contributed by atoms with E-state index in [4.69, 9.17) is 5.73 Å². The molecular formula is C9H14N4O3. The molecule has 1 heterocycles. The first kappa shape index (κ1) is 12.0. The predicted octanol–water partition coefficient (Wildman–Crippen LogP) is -0.513. The molecule has 88 valence electrons. The van der Waals surface area contributed by atoms with Gasteiger partial charge < -0.3 is 11.1 Å². The molecule has 0 aliphatic heterocycles. The van der Waals surface area contributed by atoms with Crippen LogP contribution in [0.25, 0.3) is 0 Å². The van der Waals surface area contributed by atoms with E-state index < -0.39 is 11.2 Å². The second-order valence-electron chi connectivity index (χ2n) is 3.29. The van der Waals surface area contributed by atoms with Gasteiger partial charge in [-0.1, -0.05) is 13.3 Å². The average Bonchev–Trinajstić information content (AvgIpc) is 2.24. The van der Waals surface area contributed by atoms with Crippen LogP contribution in [0.5, 0.6) is 0 Å². The number of aromatic nitrogens is 2. The van der Waals surface area contributed by atoms with Crippen molar-refractivity contribution in [1.82, 2.24) is 9.55 Å². The summed E-state index contributed by atoms with van der Waals surface area (Å²) in [4.78, 5) is 35.1. The summed E-state index contributed by atoms with van der Waals surface area (Å²) in [6.07, 6.45) is 1.99. The van der Waals surface area contributed by atoms with Gasteiger partial charge in [-0.15, -0.1) is 0 Å². The Kier molecular flexibility index (Phi) is 3.87. The molecule has 0 radical (unpaired) electrons. The Morgan fingerprint density at radius 1 is 1.50 bits per heavy atom. The average molecular weight is 226 g/mol. The number of amides is 1. The molecule has 1 aromatic rings. The van der Waals surface area contributed by atoms with E-state index in [1.807, 2.05) is 6.92 Å². The van der Waals surface area contributed by atoms with E-state index in [0.717, 1.165) is 12.8 Å².